The van der Waals surface area contributed by atoms with Crippen molar-refractivity contribution in [2.45, 2.75) is 32.6 Å². The second kappa shape index (κ2) is 7.53. The highest BCUT2D eigenvalue weighted by atomic mass is 35.5. The van der Waals surface area contributed by atoms with Crippen molar-refractivity contribution in [3.05, 3.63) is 28.8 Å². The number of halogens is 1. The first-order valence-corrected chi connectivity index (χ1v) is 6.17. The van der Waals surface area contributed by atoms with Crippen LogP contribution < -0.4 is 4.74 Å². The molecule has 0 bridgehead atoms. The maximum Gasteiger partial charge on any atom is 0.119 e. The van der Waals surface area contributed by atoms with E-state index in [-0.39, 0.29) is 6.61 Å². The van der Waals surface area contributed by atoms with Gasteiger partial charge in [0.15, 0.2) is 0 Å². The first-order chi connectivity index (χ1) is 7.77. The van der Waals surface area contributed by atoms with Crippen molar-refractivity contribution < 1.29 is 9.84 Å². The fourth-order valence-electron chi connectivity index (χ4n) is 1.49. The molecule has 0 saturated carbocycles. The molecule has 0 aliphatic rings. The predicted molar refractivity (Wildman–Crippen MR) is 67.3 cm³/mol. The Morgan fingerprint density at radius 3 is 2.75 bits per heavy atom. The Balaban J connectivity index is 2.36. The van der Waals surface area contributed by atoms with Gasteiger partial charge in [0.05, 0.1) is 6.61 Å². The van der Waals surface area contributed by atoms with Gasteiger partial charge in [-0.15, -0.1) is 0 Å². The summed E-state index contributed by atoms with van der Waals surface area (Å²) in [6, 6.07) is 5.77. The molecule has 0 radical (unpaired) electrons. The molecule has 0 aliphatic carbocycles. The summed E-state index contributed by atoms with van der Waals surface area (Å²) in [6.07, 6.45) is 3.75. The third-order valence-corrected chi connectivity index (χ3v) is 2.84. The van der Waals surface area contributed by atoms with Gasteiger partial charge in [-0.25, -0.2) is 0 Å². The highest BCUT2D eigenvalue weighted by molar-refractivity contribution is 6.31. The highest BCUT2D eigenvalue weighted by Crippen LogP contribution is 2.22. The molecule has 16 heavy (non-hydrogen) atoms. The third-order valence-electron chi connectivity index (χ3n) is 2.47. The Labute approximate surface area is 102 Å². The van der Waals surface area contributed by atoms with Crippen molar-refractivity contribution >= 4 is 11.6 Å². The number of unbranched alkanes of at least 4 members (excludes halogenated alkanes) is 2. The molecule has 3 heteroatoms. The molecule has 0 heterocycles. The lowest BCUT2D eigenvalue weighted by Gasteiger charge is -2.08. The molecule has 1 aromatic rings. The molecule has 0 unspecified atom stereocenters. The van der Waals surface area contributed by atoms with Crippen LogP contribution in [0, 0.1) is 0 Å². The second-order valence-corrected chi connectivity index (χ2v) is 4.15. The van der Waals surface area contributed by atoms with E-state index in [4.69, 9.17) is 21.4 Å². The molecule has 1 rings (SSSR count). The molecule has 0 aliphatic heterocycles. The molecule has 0 saturated heterocycles. The van der Waals surface area contributed by atoms with Crippen LogP contribution in [0.25, 0.3) is 0 Å². The van der Waals surface area contributed by atoms with Crippen LogP contribution in [0.5, 0.6) is 5.75 Å². The van der Waals surface area contributed by atoms with Crippen LogP contribution in [0.15, 0.2) is 18.2 Å². The summed E-state index contributed by atoms with van der Waals surface area (Å²) in [5.41, 5.74) is 1.12. The Morgan fingerprint density at radius 2 is 2.06 bits per heavy atom. The lowest BCUT2D eigenvalue weighted by Crippen LogP contribution is -1.98. The van der Waals surface area contributed by atoms with Gasteiger partial charge < -0.3 is 9.84 Å². The second-order valence-electron chi connectivity index (χ2n) is 3.74. The van der Waals surface area contributed by atoms with Crippen molar-refractivity contribution in [2.75, 3.05) is 13.2 Å². The number of hydrogen-bond acceptors (Lipinski definition) is 2. The van der Waals surface area contributed by atoms with Crippen molar-refractivity contribution in [2.24, 2.45) is 0 Å². The summed E-state index contributed by atoms with van der Waals surface area (Å²) in [7, 11) is 0. The van der Waals surface area contributed by atoms with Crippen molar-refractivity contribution in [1.29, 1.82) is 0 Å². The van der Waals surface area contributed by atoms with E-state index in [1.807, 2.05) is 18.2 Å². The van der Waals surface area contributed by atoms with Gasteiger partial charge in [0.25, 0.3) is 0 Å². The number of ether oxygens (including phenoxy) is 1. The summed E-state index contributed by atoms with van der Waals surface area (Å²) in [5, 5.41) is 9.43. The van der Waals surface area contributed by atoms with E-state index in [1.165, 1.54) is 0 Å². The Kier molecular flexibility index (Phi) is 6.27. The van der Waals surface area contributed by atoms with E-state index in [1.54, 1.807) is 0 Å². The highest BCUT2D eigenvalue weighted by Gasteiger charge is 2.00. The monoisotopic (exact) mass is 242 g/mol. The summed E-state index contributed by atoms with van der Waals surface area (Å²) in [5.74, 6) is 0.880. The standard InChI is InChI=1S/C13H19ClO2/c1-2-11-10-12(6-7-13(11)14)16-9-5-3-4-8-15/h6-7,10,15H,2-5,8-9H2,1H3. The van der Waals surface area contributed by atoms with Crippen molar-refractivity contribution in [3.63, 3.8) is 0 Å². The normalized spacial score (nSPS) is 10.4. The fraction of sp³-hybridized carbons (Fsp3) is 0.538. The number of aryl methyl sites for hydroxylation is 1. The zero-order valence-electron chi connectivity index (χ0n) is 9.71. The number of hydrogen-bond donors (Lipinski definition) is 1. The van der Waals surface area contributed by atoms with E-state index >= 15 is 0 Å². The number of benzene rings is 1. The topological polar surface area (TPSA) is 29.5 Å². The van der Waals surface area contributed by atoms with Crippen LogP contribution in [0.1, 0.15) is 31.7 Å². The summed E-state index contributed by atoms with van der Waals surface area (Å²) in [4.78, 5) is 0. The quantitative estimate of drug-likeness (QED) is 0.743. The molecule has 0 spiro atoms. The fourth-order valence-corrected chi connectivity index (χ4v) is 1.74. The number of aliphatic hydroxyl groups is 1. The molecular weight excluding hydrogens is 224 g/mol. The zero-order valence-corrected chi connectivity index (χ0v) is 10.5. The van der Waals surface area contributed by atoms with Gasteiger partial charge >= 0.3 is 0 Å². The van der Waals surface area contributed by atoms with Gasteiger partial charge in [-0.3, -0.25) is 0 Å². The van der Waals surface area contributed by atoms with Crippen LogP contribution in [-0.2, 0) is 6.42 Å². The van der Waals surface area contributed by atoms with Gasteiger partial charge in [0.2, 0.25) is 0 Å². The van der Waals surface area contributed by atoms with Crippen molar-refractivity contribution in [3.8, 4) is 5.75 Å². The smallest absolute Gasteiger partial charge is 0.119 e. The predicted octanol–water partition coefficient (Wildman–Crippen LogP) is 3.44. The van der Waals surface area contributed by atoms with Crippen LogP contribution in [0.2, 0.25) is 5.02 Å². The number of rotatable bonds is 7. The lowest BCUT2D eigenvalue weighted by atomic mass is 10.1. The molecule has 0 fully saturated rings. The zero-order chi connectivity index (χ0) is 11.8. The van der Waals surface area contributed by atoms with E-state index in [9.17, 15) is 0 Å². The molecule has 1 aromatic carbocycles. The summed E-state index contributed by atoms with van der Waals surface area (Å²) in [6.45, 7) is 3.04. The van der Waals surface area contributed by atoms with E-state index in [2.05, 4.69) is 6.92 Å². The SMILES string of the molecule is CCc1cc(OCCCCCO)ccc1Cl. The molecule has 0 amide bonds. The Morgan fingerprint density at radius 1 is 1.25 bits per heavy atom. The first-order valence-electron chi connectivity index (χ1n) is 5.80. The van der Waals surface area contributed by atoms with Crippen LogP contribution >= 0.6 is 11.6 Å². The van der Waals surface area contributed by atoms with E-state index in [0.717, 1.165) is 42.0 Å². The van der Waals surface area contributed by atoms with Gasteiger partial charge in [0, 0.05) is 11.6 Å². The molecule has 1 N–H and O–H groups in total. The van der Waals surface area contributed by atoms with Gasteiger partial charge in [-0.2, -0.15) is 0 Å². The Hall–Kier alpha value is -0.730. The summed E-state index contributed by atoms with van der Waals surface area (Å²) < 4.78 is 5.61. The van der Waals surface area contributed by atoms with Gasteiger partial charge in [0.1, 0.15) is 5.75 Å². The Bertz CT molecular complexity index is 313. The molecule has 2 nitrogen and oxygen atoms in total. The van der Waals surface area contributed by atoms with E-state index < -0.39 is 0 Å². The maximum absolute atomic E-state index is 8.63. The molecule has 0 aromatic heterocycles. The van der Waals surface area contributed by atoms with Gasteiger partial charge in [-0.1, -0.05) is 18.5 Å². The molecule has 0 atom stereocenters. The number of aliphatic hydroxyl groups excluding tert-OH is 1. The minimum atomic E-state index is 0.265. The third kappa shape index (κ3) is 4.42. The van der Waals surface area contributed by atoms with Gasteiger partial charge in [-0.05, 0) is 49.4 Å². The van der Waals surface area contributed by atoms with Crippen LogP contribution in [0.4, 0.5) is 0 Å². The molecule has 90 valence electrons. The minimum Gasteiger partial charge on any atom is -0.494 e. The largest absolute Gasteiger partial charge is 0.494 e. The minimum absolute atomic E-state index is 0.265. The van der Waals surface area contributed by atoms with Crippen molar-refractivity contribution in [1.82, 2.24) is 0 Å². The lowest BCUT2D eigenvalue weighted by molar-refractivity contribution is 0.266. The average Bonchev–Trinajstić information content (AvgIpc) is 2.31. The summed E-state index contributed by atoms with van der Waals surface area (Å²) >= 11 is 6.02. The van der Waals surface area contributed by atoms with Crippen LogP contribution in [-0.4, -0.2) is 18.3 Å². The first kappa shape index (κ1) is 13.3. The molecular formula is C13H19ClO2. The average molecular weight is 243 g/mol. The maximum atomic E-state index is 8.63. The van der Waals surface area contributed by atoms with E-state index in [0.29, 0.717) is 6.61 Å². The van der Waals surface area contributed by atoms with Crippen LogP contribution in [0.3, 0.4) is 0 Å².